The van der Waals surface area contributed by atoms with Gasteiger partial charge in [-0.2, -0.15) is 0 Å². The highest BCUT2D eigenvalue weighted by atomic mass is 35.5. The van der Waals surface area contributed by atoms with Crippen LogP contribution in [-0.2, 0) is 0 Å². The molecule has 0 N–H and O–H groups in total. The normalized spacial score (nSPS) is 11.1. The Morgan fingerprint density at radius 3 is 2.52 bits per heavy atom. The average Bonchev–Trinajstić information content (AvgIpc) is 2.54. The van der Waals surface area contributed by atoms with Crippen molar-refractivity contribution in [1.82, 2.24) is 15.0 Å². The van der Waals surface area contributed by atoms with Gasteiger partial charge in [0.25, 0.3) is 0 Å². The molecule has 0 aliphatic carbocycles. The molecule has 0 unspecified atom stereocenters. The van der Waals surface area contributed by atoms with Gasteiger partial charge in [0, 0.05) is 11.8 Å². The zero-order valence-corrected chi connectivity index (χ0v) is 11.7. The molecule has 0 saturated carbocycles. The second-order valence-corrected chi connectivity index (χ2v) is 5.10. The van der Waals surface area contributed by atoms with Crippen molar-refractivity contribution in [3.63, 3.8) is 0 Å². The molecular formula is C17H10ClN3. The lowest BCUT2D eigenvalue weighted by molar-refractivity contribution is 1.19. The van der Waals surface area contributed by atoms with Crippen LogP contribution >= 0.6 is 11.6 Å². The van der Waals surface area contributed by atoms with Crippen LogP contribution in [-0.4, -0.2) is 15.0 Å². The van der Waals surface area contributed by atoms with E-state index in [1.807, 2.05) is 36.4 Å². The maximum Gasteiger partial charge on any atom is 0.164 e. The summed E-state index contributed by atoms with van der Waals surface area (Å²) in [7, 11) is 0. The maximum absolute atomic E-state index is 6.27. The summed E-state index contributed by atoms with van der Waals surface area (Å²) in [6.07, 6.45) is 1.71. The number of rotatable bonds is 1. The smallest absolute Gasteiger partial charge is 0.164 e. The summed E-state index contributed by atoms with van der Waals surface area (Å²) in [5, 5.41) is 3.45. The summed E-state index contributed by atoms with van der Waals surface area (Å²) < 4.78 is 0. The van der Waals surface area contributed by atoms with Gasteiger partial charge < -0.3 is 0 Å². The van der Waals surface area contributed by atoms with Crippen LogP contribution in [0.3, 0.4) is 0 Å². The van der Waals surface area contributed by atoms with Gasteiger partial charge in [-0.05, 0) is 22.9 Å². The molecule has 3 nitrogen and oxygen atoms in total. The van der Waals surface area contributed by atoms with Gasteiger partial charge in [0.2, 0.25) is 0 Å². The lowest BCUT2D eigenvalue weighted by atomic mass is 10.0. The minimum atomic E-state index is 0.427. The molecule has 4 aromatic rings. The van der Waals surface area contributed by atoms with E-state index in [-0.39, 0.29) is 0 Å². The van der Waals surface area contributed by atoms with Crippen LogP contribution in [0.5, 0.6) is 0 Å². The number of pyridine rings is 1. The van der Waals surface area contributed by atoms with Crippen molar-refractivity contribution in [2.45, 2.75) is 0 Å². The molecule has 0 radical (unpaired) electrons. The fraction of sp³-hybridized carbons (Fsp3) is 0. The lowest BCUT2D eigenvalue weighted by Gasteiger charge is -2.07. The molecule has 4 heteroatoms. The molecule has 21 heavy (non-hydrogen) atoms. The highest BCUT2D eigenvalue weighted by Crippen LogP contribution is 2.28. The molecule has 0 atom stereocenters. The van der Waals surface area contributed by atoms with Crippen molar-refractivity contribution in [2.24, 2.45) is 0 Å². The van der Waals surface area contributed by atoms with E-state index in [2.05, 4.69) is 33.2 Å². The van der Waals surface area contributed by atoms with Crippen molar-refractivity contribution in [2.75, 3.05) is 0 Å². The summed E-state index contributed by atoms with van der Waals surface area (Å²) in [6, 6.07) is 17.9. The standard InChI is InChI=1S/C17H10ClN3/c18-15-14-9-4-10-19-16(14)21-17(20-15)13-8-3-6-11-5-1-2-7-12(11)13/h1-10H. The first-order valence-electron chi connectivity index (χ1n) is 6.59. The minimum Gasteiger partial charge on any atom is -0.236 e. The monoisotopic (exact) mass is 291 g/mol. The predicted molar refractivity (Wildman–Crippen MR) is 85.3 cm³/mol. The van der Waals surface area contributed by atoms with Crippen LogP contribution in [0.2, 0.25) is 5.15 Å². The number of aromatic nitrogens is 3. The predicted octanol–water partition coefficient (Wildman–Crippen LogP) is 4.50. The second kappa shape index (κ2) is 4.79. The van der Waals surface area contributed by atoms with Crippen molar-refractivity contribution >= 4 is 33.4 Å². The van der Waals surface area contributed by atoms with Gasteiger partial charge in [-0.15, -0.1) is 0 Å². The molecule has 0 spiro atoms. The first-order valence-corrected chi connectivity index (χ1v) is 6.97. The van der Waals surface area contributed by atoms with Gasteiger partial charge >= 0.3 is 0 Å². The fourth-order valence-electron chi connectivity index (χ4n) is 2.47. The first kappa shape index (κ1) is 12.2. The minimum absolute atomic E-state index is 0.427. The molecule has 2 heterocycles. The van der Waals surface area contributed by atoms with Gasteiger partial charge in [0.1, 0.15) is 5.15 Å². The molecule has 0 aliphatic heterocycles. The Hall–Kier alpha value is -2.52. The molecule has 0 fully saturated rings. The largest absolute Gasteiger partial charge is 0.236 e. The highest BCUT2D eigenvalue weighted by Gasteiger charge is 2.10. The molecule has 4 rings (SSSR count). The van der Waals surface area contributed by atoms with Gasteiger partial charge in [-0.25, -0.2) is 15.0 Å². The van der Waals surface area contributed by atoms with Crippen molar-refractivity contribution < 1.29 is 0 Å². The van der Waals surface area contributed by atoms with E-state index in [0.29, 0.717) is 16.6 Å². The molecular weight excluding hydrogens is 282 g/mol. The van der Waals surface area contributed by atoms with Crippen LogP contribution in [0.25, 0.3) is 33.2 Å². The van der Waals surface area contributed by atoms with Crippen molar-refractivity contribution in [3.05, 3.63) is 65.9 Å². The summed E-state index contributed by atoms with van der Waals surface area (Å²) in [5.74, 6) is 0.600. The fourth-order valence-corrected chi connectivity index (χ4v) is 2.69. The lowest BCUT2D eigenvalue weighted by Crippen LogP contribution is -1.94. The third-order valence-corrected chi connectivity index (χ3v) is 3.74. The molecule has 0 aliphatic rings. The van der Waals surface area contributed by atoms with Gasteiger partial charge in [0.05, 0.1) is 5.39 Å². The first-order chi connectivity index (χ1) is 10.3. The zero-order valence-electron chi connectivity index (χ0n) is 11.0. The SMILES string of the molecule is Clc1nc(-c2cccc3ccccc23)nc2ncccc12. The van der Waals surface area contributed by atoms with E-state index < -0.39 is 0 Å². The summed E-state index contributed by atoms with van der Waals surface area (Å²) >= 11 is 6.27. The van der Waals surface area contributed by atoms with Crippen LogP contribution in [0, 0.1) is 0 Å². The third-order valence-electron chi connectivity index (χ3n) is 3.46. The van der Waals surface area contributed by atoms with E-state index in [4.69, 9.17) is 11.6 Å². The average molecular weight is 292 g/mol. The van der Waals surface area contributed by atoms with E-state index in [9.17, 15) is 0 Å². The van der Waals surface area contributed by atoms with E-state index in [1.165, 1.54) is 0 Å². The Morgan fingerprint density at radius 2 is 1.57 bits per heavy atom. The molecule has 2 aromatic heterocycles. The van der Waals surface area contributed by atoms with Crippen molar-refractivity contribution in [1.29, 1.82) is 0 Å². The van der Waals surface area contributed by atoms with E-state index in [0.717, 1.165) is 21.7 Å². The van der Waals surface area contributed by atoms with Gasteiger partial charge in [0.15, 0.2) is 11.5 Å². The summed E-state index contributed by atoms with van der Waals surface area (Å²) in [5.41, 5.74) is 1.57. The maximum atomic E-state index is 6.27. The molecule has 100 valence electrons. The van der Waals surface area contributed by atoms with Crippen LogP contribution < -0.4 is 0 Å². The summed E-state index contributed by atoms with van der Waals surface area (Å²) in [4.78, 5) is 13.3. The highest BCUT2D eigenvalue weighted by molar-refractivity contribution is 6.34. The number of fused-ring (bicyclic) bond motifs is 2. The number of nitrogens with zero attached hydrogens (tertiary/aromatic N) is 3. The number of hydrogen-bond donors (Lipinski definition) is 0. The molecule has 0 bridgehead atoms. The van der Waals surface area contributed by atoms with Crippen LogP contribution in [0.4, 0.5) is 0 Å². The molecule has 2 aromatic carbocycles. The van der Waals surface area contributed by atoms with Gasteiger partial charge in [-0.3, -0.25) is 0 Å². The Morgan fingerprint density at radius 1 is 0.762 bits per heavy atom. The Kier molecular flexibility index (Phi) is 2.79. The van der Waals surface area contributed by atoms with Crippen LogP contribution in [0.15, 0.2) is 60.8 Å². The Bertz CT molecular complexity index is 961. The van der Waals surface area contributed by atoms with E-state index in [1.54, 1.807) is 6.20 Å². The quantitative estimate of drug-likeness (QED) is 0.485. The molecule has 0 amide bonds. The van der Waals surface area contributed by atoms with E-state index >= 15 is 0 Å². The van der Waals surface area contributed by atoms with Gasteiger partial charge in [-0.1, -0.05) is 54.1 Å². The Balaban J connectivity index is 2.05. The number of benzene rings is 2. The zero-order chi connectivity index (χ0) is 14.2. The summed E-state index contributed by atoms with van der Waals surface area (Å²) in [6.45, 7) is 0. The van der Waals surface area contributed by atoms with Crippen molar-refractivity contribution in [3.8, 4) is 11.4 Å². The second-order valence-electron chi connectivity index (χ2n) is 4.74. The van der Waals surface area contributed by atoms with Crippen LogP contribution in [0.1, 0.15) is 0 Å². The topological polar surface area (TPSA) is 38.7 Å². The third kappa shape index (κ3) is 2.03. The molecule has 0 saturated heterocycles. The number of hydrogen-bond acceptors (Lipinski definition) is 3. The Labute approximate surface area is 126 Å². The number of halogens is 1.